The van der Waals surface area contributed by atoms with Gasteiger partial charge in [-0.3, -0.25) is 9.10 Å². The molecule has 5 nitrogen and oxygen atoms in total. The Morgan fingerprint density at radius 2 is 1.69 bits per heavy atom. The van der Waals surface area contributed by atoms with E-state index in [-0.39, 0.29) is 5.02 Å². The van der Waals surface area contributed by atoms with Crippen LogP contribution in [0, 0.1) is 5.82 Å². The minimum Gasteiger partial charge on any atom is -0.368 e. The summed E-state index contributed by atoms with van der Waals surface area (Å²) in [6.07, 6.45) is -4.77. The molecule has 26 heavy (non-hydrogen) atoms. The Labute approximate surface area is 151 Å². The summed E-state index contributed by atoms with van der Waals surface area (Å²) in [7, 11) is -4.54. The third kappa shape index (κ3) is 4.25. The van der Waals surface area contributed by atoms with Gasteiger partial charge in [0, 0.05) is 0 Å². The molecule has 0 aliphatic rings. The quantitative estimate of drug-likeness (QED) is 0.769. The molecular weight excluding hydrogens is 400 g/mol. The maximum atomic E-state index is 13.0. The minimum atomic E-state index is -4.77. The molecule has 2 N–H and O–H groups in total. The molecule has 0 atom stereocenters. The first-order valence-corrected chi connectivity index (χ1v) is 8.68. The smallest absolute Gasteiger partial charge is 0.368 e. The fourth-order valence-electron chi connectivity index (χ4n) is 2.06. The van der Waals surface area contributed by atoms with Crippen molar-refractivity contribution >= 4 is 33.2 Å². The van der Waals surface area contributed by atoms with E-state index < -0.39 is 50.6 Å². The molecular formula is C15H11ClF4N2O3S. The van der Waals surface area contributed by atoms with Gasteiger partial charge in [-0.1, -0.05) is 11.6 Å². The predicted octanol–water partition coefficient (Wildman–Crippen LogP) is 3.18. The van der Waals surface area contributed by atoms with E-state index in [1.807, 2.05) is 0 Å². The van der Waals surface area contributed by atoms with Gasteiger partial charge in [0.15, 0.2) is 0 Å². The van der Waals surface area contributed by atoms with Crippen LogP contribution in [0.2, 0.25) is 5.02 Å². The lowest BCUT2D eigenvalue weighted by atomic mass is 10.2. The largest absolute Gasteiger partial charge is 0.416 e. The highest BCUT2D eigenvalue weighted by Crippen LogP contribution is 2.37. The number of nitrogens with zero attached hydrogens (tertiary/aromatic N) is 1. The van der Waals surface area contributed by atoms with Crippen LogP contribution in [-0.2, 0) is 21.0 Å². The zero-order valence-corrected chi connectivity index (χ0v) is 14.4. The highest BCUT2D eigenvalue weighted by atomic mass is 35.5. The van der Waals surface area contributed by atoms with Gasteiger partial charge in [0.25, 0.3) is 10.0 Å². The highest BCUT2D eigenvalue weighted by Gasteiger charge is 2.34. The zero-order valence-electron chi connectivity index (χ0n) is 12.8. The lowest BCUT2D eigenvalue weighted by Crippen LogP contribution is -2.38. The third-order valence-electron chi connectivity index (χ3n) is 3.24. The summed E-state index contributed by atoms with van der Waals surface area (Å²) in [6, 6.07) is 5.52. The van der Waals surface area contributed by atoms with Crippen LogP contribution in [0.25, 0.3) is 0 Å². The second kappa shape index (κ2) is 7.12. The molecule has 0 unspecified atom stereocenters. The van der Waals surface area contributed by atoms with Gasteiger partial charge in [-0.15, -0.1) is 0 Å². The van der Waals surface area contributed by atoms with Gasteiger partial charge in [0.2, 0.25) is 5.91 Å². The van der Waals surface area contributed by atoms with Crippen molar-refractivity contribution in [2.75, 3.05) is 10.8 Å². The molecule has 0 bridgehead atoms. The lowest BCUT2D eigenvalue weighted by molar-refractivity contribution is -0.137. The summed E-state index contributed by atoms with van der Waals surface area (Å²) in [5.41, 5.74) is 3.29. The zero-order chi connectivity index (χ0) is 19.7. The van der Waals surface area contributed by atoms with Gasteiger partial charge in [0.1, 0.15) is 12.4 Å². The Kier molecular flexibility index (Phi) is 5.47. The van der Waals surface area contributed by atoms with Crippen molar-refractivity contribution in [3.05, 3.63) is 58.9 Å². The van der Waals surface area contributed by atoms with E-state index >= 15 is 0 Å². The normalized spacial score (nSPS) is 12.0. The van der Waals surface area contributed by atoms with Gasteiger partial charge in [-0.25, -0.2) is 12.8 Å². The Morgan fingerprint density at radius 3 is 2.19 bits per heavy atom. The number of nitrogens with two attached hydrogens (primary N) is 1. The van der Waals surface area contributed by atoms with E-state index in [1.54, 1.807) is 0 Å². The molecule has 2 rings (SSSR count). The summed E-state index contributed by atoms with van der Waals surface area (Å²) >= 11 is 5.86. The number of anilines is 1. The molecule has 0 fully saturated rings. The fourth-order valence-corrected chi connectivity index (χ4v) is 3.77. The van der Waals surface area contributed by atoms with E-state index in [9.17, 15) is 30.8 Å². The van der Waals surface area contributed by atoms with Crippen molar-refractivity contribution in [1.29, 1.82) is 0 Å². The Hall–Kier alpha value is -2.33. The van der Waals surface area contributed by atoms with Gasteiger partial charge < -0.3 is 5.73 Å². The number of amides is 1. The first kappa shape index (κ1) is 20.0. The van der Waals surface area contributed by atoms with E-state index in [2.05, 4.69) is 0 Å². The Balaban J connectivity index is 2.65. The molecule has 2 aromatic carbocycles. The van der Waals surface area contributed by atoms with Crippen LogP contribution in [0.5, 0.6) is 0 Å². The van der Waals surface area contributed by atoms with Crippen molar-refractivity contribution in [1.82, 2.24) is 0 Å². The number of halogens is 5. The maximum absolute atomic E-state index is 13.0. The van der Waals surface area contributed by atoms with Crippen LogP contribution in [0.1, 0.15) is 5.56 Å². The lowest BCUT2D eigenvalue weighted by Gasteiger charge is -2.25. The molecule has 0 radical (unpaired) electrons. The third-order valence-corrected chi connectivity index (χ3v) is 5.34. The van der Waals surface area contributed by atoms with E-state index in [1.165, 1.54) is 0 Å². The second-order valence-corrected chi connectivity index (χ2v) is 7.37. The standard InChI is InChI=1S/C15H11ClF4N2O3S/c16-12-6-1-9(15(18,19)20)7-13(12)22(8-14(21)23)26(24,25)11-4-2-10(17)3-5-11/h1-7H,8H2,(H2,21,23). The van der Waals surface area contributed by atoms with Crippen LogP contribution < -0.4 is 10.0 Å². The predicted molar refractivity (Wildman–Crippen MR) is 86.6 cm³/mol. The number of hydrogen-bond acceptors (Lipinski definition) is 3. The molecule has 140 valence electrons. The average molecular weight is 411 g/mol. The summed E-state index contributed by atoms with van der Waals surface area (Å²) in [5.74, 6) is -1.84. The fraction of sp³-hybridized carbons (Fsp3) is 0.133. The van der Waals surface area contributed by atoms with Crippen molar-refractivity contribution < 1.29 is 30.8 Å². The van der Waals surface area contributed by atoms with E-state index in [4.69, 9.17) is 17.3 Å². The SMILES string of the molecule is NC(=O)CN(c1cc(C(F)(F)F)ccc1Cl)S(=O)(=O)c1ccc(F)cc1. The van der Waals surface area contributed by atoms with Gasteiger partial charge >= 0.3 is 6.18 Å². The number of alkyl halides is 3. The molecule has 0 heterocycles. The second-order valence-electron chi connectivity index (χ2n) is 5.10. The Bertz CT molecular complexity index is 931. The molecule has 11 heteroatoms. The van der Waals surface area contributed by atoms with Crippen molar-refractivity contribution in [2.24, 2.45) is 5.73 Å². The average Bonchev–Trinajstić information content (AvgIpc) is 2.52. The highest BCUT2D eigenvalue weighted by molar-refractivity contribution is 7.92. The first-order chi connectivity index (χ1) is 11.9. The van der Waals surface area contributed by atoms with E-state index in [0.717, 1.165) is 30.3 Å². The number of rotatable bonds is 5. The number of hydrogen-bond donors (Lipinski definition) is 1. The van der Waals surface area contributed by atoms with Gasteiger partial charge in [-0.2, -0.15) is 13.2 Å². The molecule has 1 amide bonds. The van der Waals surface area contributed by atoms with Crippen LogP contribution in [0.3, 0.4) is 0 Å². The van der Waals surface area contributed by atoms with Crippen LogP contribution in [0.4, 0.5) is 23.2 Å². The minimum absolute atomic E-state index is 0.343. The number of benzene rings is 2. The molecule has 2 aromatic rings. The van der Waals surface area contributed by atoms with Crippen molar-refractivity contribution in [3.8, 4) is 0 Å². The summed E-state index contributed by atoms with van der Waals surface area (Å²) in [4.78, 5) is 10.8. The van der Waals surface area contributed by atoms with Crippen molar-refractivity contribution in [2.45, 2.75) is 11.1 Å². The van der Waals surface area contributed by atoms with E-state index in [0.29, 0.717) is 16.4 Å². The van der Waals surface area contributed by atoms with Gasteiger partial charge in [0.05, 0.1) is 21.2 Å². The topological polar surface area (TPSA) is 80.5 Å². The summed E-state index contributed by atoms with van der Waals surface area (Å²) in [5, 5.41) is -0.343. The Morgan fingerprint density at radius 1 is 1.12 bits per heavy atom. The van der Waals surface area contributed by atoms with Crippen molar-refractivity contribution in [3.63, 3.8) is 0 Å². The van der Waals surface area contributed by atoms with Crippen LogP contribution in [0.15, 0.2) is 47.4 Å². The molecule has 0 aliphatic heterocycles. The number of carbonyl (C=O) groups excluding carboxylic acids is 1. The number of primary amides is 1. The van der Waals surface area contributed by atoms with Gasteiger partial charge in [-0.05, 0) is 42.5 Å². The first-order valence-electron chi connectivity index (χ1n) is 6.86. The molecule has 0 saturated heterocycles. The molecule has 0 aromatic heterocycles. The van der Waals surface area contributed by atoms with Crippen LogP contribution >= 0.6 is 11.6 Å². The summed E-state index contributed by atoms with van der Waals surface area (Å²) in [6.45, 7) is -0.958. The molecule has 0 saturated carbocycles. The molecule has 0 spiro atoms. The molecule has 0 aliphatic carbocycles. The maximum Gasteiger partial charge on any atom is 0.416 e. The number of carbonyl (C=O) groups is 1. The monoisotopic (exact) mass is 410 g/mol. The number of sulfonamides is 1. The van der Waals surface area contributed by atoms with Crippen LogP contribution in [-0.4, -0.2) is 20.9 Å². The summed E-state index contributed by atoms with van der Waals surface area (Å²) < 4.78 is 77.7.